The van der Waals surface area contributed by atoms with Crippen LogP contribution >= 0.6 is 15.9 Å². The molecule has 2 atom stereocenters. The van der Waals surface area contributed by atoms with Gasteiger partial charge in [-0.1, -0.05) is 65.3 Å². The Balaban J connectivity index is 2.03. The summed E-state index contributed by atoms with van der Waals surface area (Å²) in [6, 6.07) is 19.1. The quantitative estimate of drug-likeness (QED) is 0.330. The minimum Gasteiger partial charge on any atom is -0.352 e. The third-order valence-electron chi connectivity index (χ3n) is 6.14. The van der Waals surface area contributed by atoms with Crippen molar-refractivity contribution in [2.45, 2.75) is 50.7 Å². The Bertz CT molecular complexity index is 1370. The van der Waals surface area contributed by atoms with Gasteiger partial charge in [-0.3, -0.25) is 13.9 Å². The molecule has 0 saturated heterocycles. The van der Waals surface area contributed by atoms with Crippen molar-refractivity contribution >= 4 is 43.5 Å². The number of benzene rings is 3. The number of nitrogens with one attached hydrogen (secondary N) is 1. The van der Waals surface area contributed by atoms with Crippen LogP contribution in [0, 0.1) is 5.82 Å². The fraction of sp³-hybridized carbons (Fsp3) is 0.286. The summed E-state index contributed by atoms with van der Waals surface area (Å²) in [7, 11) is -4.32. The van der Waals surface area contributed by atoms with Crippen molar-refractivity contribution in [2.75, 3.05) is 10.8 Å². The third-order valence-corrected chi connectivity index (χ3v) is 8.41. The SMILES string of the molecule is CC[C@H](C)NC(=O)[C@@H](C)N(Cc1cccc(Br)c1)C(=O)CN(c1ccccc1F)S(=O)(=O)c1ccccc1. The first-order chi connectivity index (χ1) is 18.0. The molecule has 0 radical (unpaired) electrons. The van der Waals surface area contributed by atoms with Crippen molar-refractivity contribution < 1.29 is 22.4 Å². The van der Waals surface area contributed by atoms with Gasteiger partial charge in [0.05, 0.1) is 10.6 Å². The molecule has 0 spiro atoms. The summed E-state index contributed by atoms with van der Waals surface area (Å²) >= 11 is 3.42. The standard InChI is InChI=1S/C28H31BrFN3O4S/c1-4-20(2)31-28(35)21(3)32(18-22-11-10-12-23(29)17-22)27(34)19-33(26-16-9-8-15-25(26)30)38(36,37)24-13-6-5-7-14-24/h5-17,20-21H,4,18-19H2,1-3H3,(H,31,35)/t20-,21+/m0/s1. The molecule has 0 bridgehead atoms. The second-order valence-corrected chi connectivity index (χ2v) is 11.7. The number of carbonyl (C=O) groups excluding carboxylic acids is 2. The topological polar surface area (TPSA) is 86.8 Å². The summed E-state index contributed by atoms with van der Waals surface area (Å²) in [5.41, 5.74) is 0.475. The number of nitrogens with zero attached hydrogens (tertiary/aromatic N) is 2. The number of carbonyl (C=O) groups is 2. The van der Waals surface area contributed by atoms with Gasteiger partial charge in [0, 0.05) is 17.1 Å². The number of amides is 2. The highest BCUT2D eigenvalue weighted by Crippen LogP contribution is 2.27. The minimum atomic E-state index is -4.32. The van der Waals surface area contributed by atoms with Gasteiger partial charge in [0.2, 0.25) is 11.8 Å². The Morgan fingerprint density at radius 1 is 0.974 bits per heavy atom. The molecule has 0 saturated carbocycles. The summed E-state index contributed by atoms with van der Waals surface area (Å²) in [4.78, 5) is 28.1. The van der Waals surface area contributed by atoms with E-state index in [0.717, 1.165) is 20.4 Å². The molecule has 0 aromatic heterocycles. The van der Waals surface area contributed by atoms with Gasteiger partial charge >= 0.3 is 0 Å². The zero-order valence-corrected chi connectivity index (χ0v) is 23.9. The second-order valence-electron chi connectivity index (χ2n) is 8.92. The van der Waals surface area contributed by atoms with Crippen LogP contribution in [0.25, 0.3) is 0 Å². The van der Waals surface area contributed by atoms with Gasteiger partial charge in [0.25, 0.3) is 10.0 Å². The number of rotatable bonds is 11. The Labute approximate surface area is 231 Å². The van der Waals surface area contributed by atoms with Crippen LogP contribution < -0.4 is 9.62 Å². The fourth-order valence-corrected chi connectivity index (χ4v) is 5.66. The molecule has 202 valence electrons. The predicted octanol–water partition coefficient (Wildman–Crippen LogP) is 5.12. The van der Waals surface area contributed by atoms with Crippen LogP contribution in [-0.2, 0) is 26.2 Å². The lowest BCUT2D eigenvalue weighted by atomic mass is 10.1. The molecule has 7 nitrogen and oxygen atoms in total. The highest BCUT2D eigenvalue weighted by atomic mass is 79.9. The molecule has 1 N–H and O–H groups in total. The summed E-state index contributed by atoms with van der Waals surface area (Å²) in [6.07, 6.45) is 0.703. The fourth-order valence-electron chi connectivity index (χ4n) is 3.77. The van der Waals surface area contributed by atoms with Gasteiger partial charge in [-0.15, -0.1) is 0 Å². The van der Waals surface area contributed by atoms with Crippen LogP contribution in [0.2, 0.25) is 0 Å². The largest absolute Gasteiger partial charge is 0.352 e. The van der Waals surface area contributed by atoms with E-state index in [9.17, 15) is 22.4 Å². The number of para-hydroxylation sites is 1. The average Bonchev–Trinajstić information content (AvgIpc) is 2.90. The van der Waals surface area contributed by atoms with E-state index in [1.54, 1.807) is 37.3 Å². The van der Waals surface area contributed by atoms with E-state index in [2.05, 4.69) is 21.2 Å². The number of hydrogen-bond acceptors (Lipinski definition) is 4. The van der Waals surface area contributed by atoms with Gasteiger partial charge in [0.1, 0.15) is 18.4 Å². The van der Waals surface area contributed by atoms with Crippen LogP contribution in [0.15, 0.2) is 88.2 Å². The van der Waals surface area contributed by atoms with Gasteiger partial charge in [0.15, 0.2) is 0 Å². The van der Waals surface area contributed by atoms with E-state index < -0.39 is 34.3 Å². The van der Waals surface area contributed by atoms with Crippen molar-refractivity contribution in [1.82, 2.24) is 10.2 Å². The maximum atomic E-state index is 14.9. The van der Waals surface area contributed by atoms with E-state index >= 15 is 0 Å². The predicted molar refractivity (Wildman–Crippen MR) is 149 cm³/mol. The lowest BCUT2D eigenvalue weighted by molar-refractivity contribution is -0.139. The van der Waals surface area contributed by atoms with Crippen molar-refractivity contribution in [3.8, 4) is 0 Å². The van der Waals surface area contributed by atoms with Crippen molar-refractivity contribution in [2.24, 2.45) is 0 Å². The Morgan fingerprint density at radius 2 is 1.63 bits per heavy atom. The first kappa shape index (κ1) is 29.3. The second kappa shape index (κ2) is 13.0. The molecule has 0 aliphatic carbocycles. The Kier molecular flexibility index (Phi) is 10.0. The highest BCUT2D eigenvalue weighted by Gasteiger charge is 2.33. The molecule has 3 aromatic rings. The molecular formula is C28H31BrFN3O4S. The van der Waals surface area contributed by atoms with Crippen LogP contribution in [0.3, 0.4) is 0 Å². The van der Waals surface area contributed by atoms with Gasteiger partial charge < -0.3 is 10.2 Å². The van der Waals surface area contributed by atoms with E-state index in [-0.39, 0.29) is 29.1 Å². The molecule has 0 fully saturated rings. The monoisotopic (exact) mass is 603 g/mol. The lowest BCUT2D eigenvalue weighted by Gasteiger charge is -2.32. The lowest BCUT2D eigenvalue weighted by Crippen LogP contribution is -2.52. The molecule has 3 rings (SSSR count). The summed E-state index contributed by atoms with van der Waals surface area (Å²) < 4.78 is 43.7. The number of sulfonamides is 1. The normalized spacial score (nSPS) is 12.9. The molecule has 2 amide bonds. The van der Waals surface area contributed by atoms with E-state index in [1.807, 2.05) is 26.0 Å². The van der Waals surface area contributed by atoms with Crippen LogP contribution in [0.4, 0.5) is 10.1 Å². The zero-order chi connectivity index (χ0) is 27.9. The first-order valence-corrected chi connectivity index (χ1v) is 14.4. The molecular weight excluding hydrogens is 573 g/mol. The summed E-state index contributed by atoms with van der Waals surface area (Å²) in [6.45, 7) is 4.72. The van der Waals surface area contributed by atoms with E-state index in [4.69, 9.17) is 0 Å². The smallest absolute Gasteiger partial charge is 0.264 e. The Morgan fingerprint density at radius 3 is 2.26 bits per heavy atom. The molecule has 3 aromatic carbocycles. The van der Waals surface area contributed by atoms with E-state index in [1.165, 1.54) is 35.2 Å². The number of anilines is 1. The maximum absolute atomic E-state index is 14.9. The van der Waals surface area contributed by atoms with Gasteiger partial charge in [-0.2, -0.15) is 0 Å². The van der Waals surface area contributed by atoms with Crippen molar-refractivity contribution in [3.63, 3.8) is 0 Å². The molecule has 38 heavy (non-hydrogen) atoms. The summed E-state index contributed by atoms with van der Waals surface area (Å²) in [5.74, 6) is -1.81. The zero-order valence-electron chi connectivity index (χ0n) is 21.5. The van der Waals surface area contributed by atoms with Crippen LogP contribution in [0.5, 0.6) is 0 Å². The highest BCUT2D eigenvalue weighted by molar-refractivity contribution is 9.10. The molecule has 0 aliphatic heterocycles. The molecule has 10 heteroatoms. The number of halogens is 2. The Hall–Kier alpha value is -3.24. The van der Waals surface area contributed by atoms with Crippen LogP contribution in [-0.4, -0.2) is 43.8 Å². The number of hydrogen-bond donors (Lipinski definition) is 1. The molecule has 0 unspecified atom stereocenters. The third kappa shape index (κ3) is 7.20. The first-order valence-electron chi connectivity index (χ1n) is 12.2. The molecule has 0 aliphatic rings. The van der Waals surface area contributed by atoms with Gasteiger partial charge in [-0.25, -0.2) is 12.8 Å². The average molecular weight is 605 g/mol. The minimum absolute atomic E-state index is 0.0455. The molecule has 0 heterocycles. The van der Waals surface area contributed by atoms with Crippen molar-refractivity contribution in [3.05, 3.63) is 94.7 Å². The maximum Gasteiger partial charge on any atom is 0.264 e. The van der Waals surface area contributed by atoms with E-state index in [0.29, 0.717) is 6.42 Å². The van der Waals surface area contributed by atoms with Crippen molar-refractivity contribution in [1.29, 1.82) is 0 Å². The van der Waals surface area contributed by atoms with Crippen LogP contribution in [0.1, 0.15) is 32.8 Å². The summed E-state index contributed by atoms with van der Waals surface area (Å²) in [5, 5.41) is 2.88. The van der Waals surface area contributed by atoms with Gasteiger partial charge in [-0.05, 0) is 62.2 Å².